The van der Waals surface area contributed by atoms with Crippen molar-refractivity contribution in [1.82, 2.24) is 10.6 Å². The topological polar surface area (TPSA) is 64.6 Å². The summed E-state index contributed by atoms with van der Waals surface area (Å²) >= 11 is 1.50. The molecule has 1 saturated heterocycles. The van der Waals surface area contributed by atoms with Gasteiger partial charge in [-0.25, -0.2) is 0 Å². The van der Waals surface area contributed by atoms with Gasteiger partial charge in [0.15, 0.2) is 6.29 Å². The second kappa shape index (κ2) is 19.2. The quantitative estimate of drug-likeness (QED) is 0.455. The number of nitrogens with one attached hydrogen (secondary N) is 2. The number of anilines is 1. The highest BCUT2D eigenvalue weighted by Crippen LogP contribution is 2.28. The number of carbonyl (C=O) groups excluding carboxylic acids is 1. The molecule has 0 unspecified atom stereocenters. The van der Waals surface area contributed by atoms with Crippen LogP contribution in [0.2, 0.25) is 0 Å². The Morgan fingerprint density at radius 3 is 2.03 bits per heavy atom. The maximum atomic E-state index is 10.7. The molecule has 0 bridgehead atoms. The van der Waals surface area contributed by atoms with E-state index >= 15 is 0 Å². The Labute approximate surface area is 187 Å². The molecule has 1 aliphatic heterocycles. The van der Waals surface area contributed by atoms with E-state index in [1.165, 1.54) is 54.9 Å². The van der Waals surface area contributed by atoms with Gasteiger partial charge in [0.2, 0.25) is 0 Å². The van der Waals surface area contributed by atoms with Gasteiger partial charge < -0.3 is 20.6 Å². The van der Waals surface area contributed by atoms with Gasteiger partial charge in [0.25, 0.3) is 0 Å². The van der Waals surface area contributed by atoms with E-state index in [0.717, 1.165) is 29.8 Å². The van der Waals surface area contributed by atoms with Crippen LogP contribution in [-0.2, 0) is 0 Å². The zero-order chi connectivity index (χ0) is 22.6. The first-order valence-electron chi connectivity index (χ1n) is 10.9. The summed E-state index contributed by atoms with van der Waals surface area (Å²) in [4.78, 5) is 13.9. The first kappa shape index (κ1) is 28.3. The van der Waals surface area contributed by atoms with Crippen molar-refractivity contribution in [2.24, 2.45) is 0 Å². The third kappa shape index (κ3) is 12.1. The Kier molecular flexibility index (Phi) is 18.1. The number of thiophene rings is 1. The summed E-state index contributed by atoms with van der Waals surface area (Å²) in [6.07, 6.45) is 4.75. The van der Waals surface area contributed by atoms with E-state index in [9.17, 15) is 4.79 Å². The molecule has 0 radical (unpaired) electrons. The molecule has 0 spiro atoms. The molecule has 0 amide bonds. The number of aliphatic hydroxyl groups is 1. The number of carbonyl (C=O) groups is 1. The van der Waals surface area contributed by atoms with Crippen molar-refractivity contribution in [3.05, 3.63) is 40.6 Å². The molecule has 3 N–H and O–H groups in total. The van der Waals surface area contributed by atoms with E-state index in [0.29, 0.717) is 0 Å². The Bertz CT molecular complexity index is 632. The Balaban J connectivity index is 0.000000587. The summed E-state index contributed by atoms with van der Waals surface area (Å²) in [6.45, 7) is 10.8. The molecular formula is C24H41N3O2S. The van der Waals surface area contributed by atoms with Crippen molar-refractivity contribution in [2.45, 2.75) is 40.0 Å². The van der Waals surface area contributed by atoms with Crippen LogP contribution in [0.3, 0.4) is 0 Å². The Morgan fingerprint density at radius 1 is 1.07 bits per heavy atom. The lowest BCUT2D eigenvalue weighted by atomic mass is 10.1. The minimum Gasteiger partial charge on any atom is -0.397 e. The fourth-order valence-corrected chi connectivity index (χ4v) is 3.48. The summed E-state index contributed by atoms with van der Waals surface area (Å²) in [5.41, 5.74) is 3.62. The van der Waals surface area contributed by atoms with Crippen LogP contribution in [0.25, 0.3) is 11.1 Å². The molecule has 170 valence electrons. The molecule has 30 heavy (non-hydrogen) atoms. The van der Waals surface area contributed by atoms with Crippen molar-refractivity contribution >= 4 is 23.3 Å². The molecule has 1 aromatic heterocycles. The first-order valence-corrected chi connectivity index (χ1v) is 11.8. The van der Waals surface area contributed by atoms with Crippen LogP contribution in [0.4, 0.5) is 5.69 Å². The van der Waals surface area contributed by atoms with Crippen molar-refractivity contribution in [3.63, 3.8) is 0 Å². The Hall–Kier alpha value is -1.73. The number of nitrogens with zero attached hydrogens (tertiary/aromatic N) is 1. The van der Waals surface area contributed by atoms with Gasteiger partial charge in [0.05, 0.1) is 4.88 Å². The first-order chi connectivity index (χ1) is 14.6. The minimum absolute atomic E-state index is 0.250. The number of aldehydes is 1. The molecule has 0 saturated carbocycles. The van der Waals surface area contributed by atoms with Crippen molar-refractivity contribution in [2.75, 3.05) is 51.8 Å². The highest BCUT2D eigenvalue weighted by molar-refractivity contribution is 7.12. The summed E-state index contributed by atoms with van der Waals surface area (Å²) in [7, 11) is 3.75. The van der Waals surface area contributed by atoms with Crippen LogP contribution in [0.15, 0.2) is 35.7 Å². The maximum absolute atomic E-state index is 10.7. The van der Waals surface area contributed by atoms with Crippen LogP contribution in [0, 0.1) is 0 Å². The standard InChI is InChI=1S/C15H15NOS.C5H13N.C2H7N.C2H6O/c17-10-15-9-13(11-18-15)12-3-5-14(6-4-12)16-7-1-2-8-16;1-3-5-6-4-2;1-3-2;1-2-3/h3-6,9-11H,1-2,7-8H2;6H,3-5H2,1-2H3;3H,1-2H3;3H,2H2,1H3. The van der Waals surface area contributed by atoms with Gasteiger partial charge in [0.1, 0.15) is 0 Å². The second-order valence-corrected chi connectivity index (χ2v) is 7.71. The van der Waals surface area contributed by atoms with Gasteiger partial charge in [-0.3, -0.25) is 4.79 Å². The van der Waals surface area contributed by atoms with Crippen molar-refractivity contribution < 1.29 is 9.90 Å². The Morgan fingerprint density at radius 2 is 1.63 bits per heavy atom. The fraction of sp³-hybridized carbons (Fsp3) is 0.542. The van der Waals surface area contributed by atoms with E-state index in [4.69, 9.17) is 5.11 Å². The minimum atomic E-state index is 0.250. The highest BCUT2D eigenvalue weighted by atomic mass is 32.1. The monoisotopic (exact) mass is 435 g/mol. The predicted molar refractivity (Wildman–Crippen MR) is 133 cm³/mol. The van der Waals surface area contributed by atoms with Gasteiger partial charge in [-0.1, -0.05) is 26.0 Å². The number of aliphatic hydroxyl groups excluding tert-OH is 1. The normalized spacial score (nSPS) is 12.0. The number of hydrogen-bond donors (Lipinski definition) is 3. The number of rotatable bonds is 6. The smallest absolute Gasteiger partial charge is 0.160 e. The van der Waals surface area contributed by atoms with Crippen LogP contribution >= 0.6 is 11.3 Å². The van der Waals surface area contributed by atoms with Crippen LogP contribution in [0.1, 0.15) is 49.7 Å². The van der Waals surface area contributed by atoms with E-state index in [1.54, 1.807) is 6.92 Å². The predicted octanol–water partition coefficient (Wildman–Crippen LogP) is 4.67. The molecule has 3 rings (SSSR count). The SMILES string of the molecule is CCCNCC.CCO.CNC.O=Cc1cc(-c2ccc(N3CCCC3)cc2)cs1. The van der Waals surface area contributed by atoms with Crippen molar-refractivity contribution in [1.29, 1.82) is 0 Å². The van der Waals surface area contributed by atoms with E-state index in [2.05, 4.69) is 53.6 Å². The molecule has 2 heterocycles. The lowest BCUT2D eigenvalue weighted by Crippen LogP contribution is -2.17. The molecular weight excluding hydrogens is 394 g/mol. The average molecular weight is 436 g/mol. The summed E-state index contributed by atoms with van der Waals surface area (Å²) in [5.74, 6) is 0. The van der Waals surface area contributed by atoms with Gasteiger partial charge in [-0.05, 0) is 88.1 Å². The largest absolute Gasteiger partial charge is 0.397 e. The zero-order valence-electron chi connectivity index (χ0n) is 19.4. The van der Waals surface area contributed by atoms with E-state index in [1.807, 2.05) is 25.5 Å². The van der Waals surface area contributed by atoms with Gasteiger partial charge in [0, 0.05) is 25.4 Å². The molecule has 0 aliphatic carbocycles. The number of hydrogen-bond acceptors (Lipinski definition) is 6. The van der Waals surface area contributed by atoms with Gasteiger partial charge in [-0.2, -0.15) is 0 Å². The van der Waals surface area contributed by atoms with Crippen LogP contribution in [-0.4, -0.2) is 58.3 Å². The highest BCUT2D eigenvalue weighted by Gasteiger charge is 2.12. The average Bonchev–Trinajstić information content (AvgIpc) is 3.46. The summed E-state index contributed by atoms with van der Waals surface area (Å²) < 4.78 is 0. The number of benzene rings is 1. The third-order valence-corrected chi connectivity index (χ3v) is 4.94. The molecule has 2 aromatic rings. The van der Waals surface area contributed by atoms with Crippen molar-refractivity contribution in [3.8, 4) is 11.1 Å². The third-order valence-electron chi connectivity index (χ3n) is 4.08. The molecule has 1 aliphatic rings. The van der Waals surface area contributed by atoms with Crippen LogP contribution < -0.4 is 15.5 Å². The van der Waals surface area contributed by atoms with Crippen LogP contribution in [0.5, 0.6) is 0 Å². The fourth-order valence-electron chi connectivity index (χ4n) is 2.76. The molecule has 6 heteroatoms. The van der Waals surface area contributed by atoms with E-state index in [-0.39, 0.29) is 6.61 Å². The van der Waals surface area contributed by atoms with E-state index < -0.39 is 0 Å². The van der Waals surface area contributed by atoms with Gasteiger partial charge >= 0.3 is 0 Å². The molecule has 0 atom stereocenters. The zero-order valence-corrected chi connectivity index (χ0v) is 20.2. The lowest BCUT2D eigenvalue weighted by Gasteiger charge is -2.17. The second-order valence-electron chi connectivity index (χ2n) is 6.77. The maximum Gasteiger partial charge on any atom is 0.160 e. The van der Waals surface area contributed by atoms with Gasteiger partial charge in [-0.15, -0.1) is 11.3 Å². The molecule has 1 aromatic carbocycles. The summed E-state index contributed by atoms with van der Waals surface area (Å²) in [6, 6.07) is 10.6. The lowest BCUT2D eigenvalue weighted by molar-refractivity contribution is 0.112. The molecule has 1 fully saturated rings. The summed E-state index contributed by atoms with van der Waals surface area (Å²) in [5, 5.41) is 15.6. The molecule has 5 nitrogen and oxygen atoms in total.